The molecule has 0 aromatic carbocycles. The molecule has 1 N–H and O–H groups in total. The Hall–Kier alpha value is -1.06. The third-order valence-electron chi connectivity index (χ3n) is 3.24. The van der Waals surface area contributed by atoms with Gasteiger partial charge in [-0.2, -0.15) is 0 Å². The van der Waals surface area contributed by atoms with Crippen LogP contribution in [0.15, 0.2) is 0 Å². The average Bonchev–Trinajstić information content (AvgIpc) is 2.44. The second-order valence-corrected chi connectivity index (χ2v) is 4.13. The first-order valence-corrected chi connectivity index (χ1v) is 5.11. The summed E-state index contributed by atoms with van der Waals surface area (Å²) in [6, 6.07) is 0. The summed E-state index contributed by atoms with van der Waals surface area (Å²) in [5.74, 6) is -0.921. The van der Waals surface area contributed by atoms with Crippen LogP contribution < -0.4 is 0 Å². The number of ether oxygens (including phenoxy) is 1. The third-order valence-corrected chi connectivity index (χ3v) is 3.24. The molecular weight excluding hydrogens is 184 g/mol. The fourth-order valence-corrected chi connectivity index (χ4v) is 2.59. The molecule has 78 valence electrons. The predicted octanol–water partition coefficient (Wildman–Crippen LogP) is 1.19. The molecule has 0 amide bonds. The molecule has 1 aliphatic heterocycles. The fourth-order valence-electron chi connectivity index (χ4n) is 2.59. The number of fused-ring (bicyclic) bond motifs is 1. The molecule has 2 aliphatic rings. The Balaban J connectivity index is 2.06. The molecule has 1 saturated carbocycles. The molecule has 1 heterocycles. The zero-order valence-electron chi connectivity index (χ0n) is 7.94. The van der Waals surface area contributed by atoms with E-state index in [2.05, 4.69) is 0 Å². The van der Waals surface area contributed by atoms with Crippen molar-refractivity contribution >= 4 is 11.9 Å². The lowest BCUT2D eigenvalue weighted by Crippen LogP contribution is -2.26. The maximum atomic E-state index is 11.4. The van der Waals surface area contributed by atoms with E-state index in [1.807, 2.05) is 0 Å². The van der Waals surface area contributed by atoms with Gasteiger partial charge >= 0.3 is 11.9 Å². The van der Waals surface area contributed by atoms with Crippen LogP contribution >= 0.6 is 0 Å². The van der Waals surface area contributed by atoms with E-state index in [9.17, 15) is 9.59 Å². The van der Waals surface area contributed by atoms with Crippen molar-refractivity contribution in [2.75, 3.05) is 0 Å². The Kier molecular flexibility index (Phi) is 2.44. The van der Waals surface area contributed by atoms with E-state index < -0.39 is 5.97 Å². The van der Waals surface area contributed by atoms with Crippen molar-refractivity contribution < 1.29 is 19.4 Å². The molecule has 4 heteroatoms. The molecule has 0 radical (unpaired) electrons. The minimum absolute atomic E-state index is 0.0203. The van der Waals surface area contributed by atoms with E-state index in [0.29, 0.717) is 0 Å². The van der Waals surface area contributed by atoms with Crippen LogP contribution in [-0.4, -0.2) is 23.1 Å². The molecule has 4 nitrogen and oxygen atoms in total. The second-order valence-electron chi connectivity index (χ2n) is 4.13. The van der Waals surface area contributed by atoms with Crippen LogP contribution in [0.1, 0.15) is 32.1 Å². The van der Waals surface area contributed by atoms with Crippen LogP contribution in [0.3, 0.4) is 0 Å². The van der Waals surface area contributed by atoms with E-state index in [4.69, 9.17) is 9.84 Å². The quantitative estimate of drug-likeness (QED) is 0.677. The predicted molar refractivity (Wildman–Crippen MR) is 47.6 cm³/mol. The van der Waals surface area contributed by atoms with Crippen LogP contribution in [0.2, 0.25) is 0 Å². The molecular formula is C10H14O4. The van der Waals surface area contributed by atoms with Gasteiger partial charge < -0.3 is 9.84 Å². The average molecular weight is 198 g/mol. The minimum atomic E-state index is -0.881. The number of cyclic esters (lactones) is 1. The first-order chi connectivity index (χ1) is 6.68. The SMILES string of the molecule is O=C(O)CC1OC(=O)[C@@H]2CCCC[C@@H]12. The molecule has 3 atom stereocenters. The number of carbonyl (C=O) groups is 2. The number of hydrogen-bond donors (Lipinski definition) is 1. The van der Waals surface area contributed by atoms with E-state index in [1.54, 1.807) is 0 Å². The highest BCUT2D eigenvalue weighted by Gasteiger charge is 2.45. The van der Waals surface area contributed by atoms with Crippen molar-refractivity contribution in [1.82, 2.24) is 0 Å². The van der Waals surface area contributed by atoms with Crippen molar-refractivity contribution in [3.8, 4) is 0 Å². The number of carboxylic acids is 1. The third kappa shape index (κ3) is 1.61. The largest absolute Gasteiger partial charge is 0.481 e. The Morgan fingerprint density at radius 3 is 2.86 bits per heavy atom. The second kappa shape index (κ2) is 3.59. The lowest BCUT2D eigenvalue weighted by molar-refractivity contribution is -0.147. The van der Waals surface area contributed by atoms with Gasteiger partial charge in [0.15, 0.2) is 0 Å². The topological polar surface area (TPSA) is 63.6 Å². The summed E-state index contributed by atoms with van der Waals surface area (Å²) in [5.41, 5.74) is 0. The van der Waals surface area contributed by atoms with E-state index in [-0.39, 0.29) is 30.3 Å². The summed E-state index contributed by atoms with van der Waals surface area (Å²) in [7, 11) is 0. The summed E-state index contributed by atoms with van der Waals surface area (Å²) < 4.78 is 5.10. The molecule has 0 aromatic heterocycles. The Bertz CT molecular complexity index is 261. The van der Waals surface area contributed by atoms with Gasteiger partial charge in [-0.3, -0.25) is 9.59 Å². The maximum Gasteiger partial charge on any atom is 0.309 e. The van der Waals surface area contributed by atoms with Crippen LogP contribution in [-0.2, 0) is 14.3 Å². The summed E-state index contributed by atoms with van der Waals surface area (Å²) in [6.07, 6.45) is 3.57. The Labute approximate surface area is 82.2 Å². The van der Waals surface area contributed by atoms with Gasteiger partial charge in [0, 0.05) is 5.92 Å². The fraction of sp³-hybridized carbons (Fsp3) is 0.800. The van der Waals surface area contributed by atoms with Gasteiger partial charge in [0.25, 0.3) is 0 Å². The molecule has 0 aromatic rings. The molecule has 0 spiro atoms. The lowest BCUT2D eigenvalue weighted by atomic mass is 9.77. The van der Waals surface area contributed by atoms with Gasteiger partial charge in [0.2, 0.25) is 0 Å². The normalized spacial score (nSPS) is 36.3. The summed E-state index contributed by atoms with van der Waals surface area (Å²) in [4.78, 5) is 21.9. The van der Waals surface area contributed by atoms with Gasteiger partial charge in [0.05, 0.1) is 12.3 Å². The smallest absolute Gasteiger partial charge is 0.309 e. The van der Waals surface area contributed by atoms with Crippen LogP contribution in [0.25, 0.3) is 0 Å². The van der Waals surface area contributed by atoms with Crippen LogP contribution in [0, 0.1) is 11.8 Å². The molecule has 14 heavy (non-hydrogen) atoms. The molecule has 2 rings (SSSR count). The highest BCUT2D eigenvalue weighted by molar-refractivity contribution is 5.77. The highest BCUT2D eigenvalue weighted by Crippen LogP contribution is 2.40. The number of hydrogen-bond acceptors (Lipinski definition) is 3. The Morgan fingerprint density at radius 2 is 2.14 bits per heavy atom. The van der Waals surface area contributed by atoms with Crippen molar-refractivity contribution in [3.05, 3.63) is 0 Å². The Morgan fingerprint density at radius 1 is 1.43 bits per heavy atom. The van der Waals surface area contributed by atoms with E-state index in [1.165, 1.54) is 0 Å². The van der Waals surface area contributed by atoms with Gasteiger partial charge in [-0.1, -0.05) is 12.8 Å². The van der Waals surface area contributed by atoms with Crippen molar-refractivity contribution in [2.45, 2.75) is 38.2 Å². The lowest BCUT2D eigenvalue weighted by Gasteiger charge is -2.23. The molecule has 2 fully saturated rings. The molecule has 1 saturated heterocycles. The number of rotatable bonds is 2. The number of aliphatic carboxylic acids is 1. The number of esters is 1. The minimum Gasteiger partial charge on any atom is -0.481 e. The molecule has 0 bridgehead atoms. The van der Waals surface area contributed by atoms with Gasteiger partial charge in [-0.05, 0) is 12.8 Å². The monoisotopic (exact) mass is 198 g/mol. The van der Waals surface area contributed by atoms with Gasteiger partial charge in [0.1, 0.15) is 6.10 Å². The first-order valence-electron chi connectivity index (χ1n) is 5.11. The van der Waals surface area contributed by atoms with Gasteiger partial charge in [-0.25, -0.2) is 0 Å². The molecule has 1 unspecified atom stereocenters. The zero-order valence-corrected chi connectivity index (χ0v) is 7.94. The van der Waals surface area contributed by atoms with Crippen molar-refractivity contribution in [3.63, 3.8) is 0 Å². The molecule has 1 aliphatic carbocycles. The summed E-state index contributed by atoms with van der Waals surface area (Å²) in [6.45, 7) is 0. The van der Waals surface area contributed by atoms with Crippen molar-refractivity contribution in [2.24, 2.45) is 11.8 Å². The van der Waals surface area contributed by atoms with Crippen LogP contribution in [0.4, 0.5) is 0 Å². The van der Waals surface area contributed by atoms with E-state index in [0.717, 1.165) is 25.7 Å². The van der Waals surface area contributed by atoms with Gasteiger partial charge in [-0.15, -0.1) is 0 Å². The highest BCUT2D eigenvalue weighted by atomic mass is 16.6. The zero-order chi connectivity index (χ0) is 10.1. The number of carboxylic acid groups (broad SMARTS) is 1. The first kappa shape index (κ1) is 9.49. The standard InChI is InChI=1S/C10H14O4/c11-9(12)5-8-6-3-1-2-4-7(6)10(13)14-8/h6-8H,1-5H2,(H,11,12)/t6-,7-,8?/m1/s1. The summed E-state index contributed by atoms with van der Waals surface area (Å²) in [5, 5.41) is 8.66. The number of carbonyl (C=O) groups excluding carboxylic acids is 1. The maximum absolute atomic E-state index is 11.4. The van der Waals surface area contributed by atoms with E-state index >= 15 is 0 Å². The summed E-state index contributed by atoms with van der Waals surface area (Å²) >= 11 is 0. The van der Waals surface area contributed by atoms with Crippen molar-refractivity contribution in [1.29, 1.82) is 0 Å². The van der Waals surface area contributed by atoms with Crippen LogP contribution in [0.5, 0.6) is 0 Å².